The second-order valence-corrected chi connectivity index (χ2v) is 4.65. The van der Waals surface area contributed by atoms with Gasteiger partial charge in [-0.15, -0.1) is 0 Å². The number of nitrogens with zero attached hydrogens (tertiary/aromatic N) is 2. The highest BCUT2D eigenvalue weighted by atomic mass is 35.5. The van der Waals surface area contributed by atoms with Crippen LogP contribution in [0.3, 0.4) is 0 Å². The largest absolute Gasteiger partial charge is 0.309 e. The second-order valence-electron chi connectivity index (χ2n) is 4.24. The SMILES string of the molecule is CN(C(=O)c1ccc([N+](=O)[O-])cc1)c1cccc(Cl)c1F. The molecule has 0 atom stereocenters. The van der Waals surface area contributed by atoms with E-state index >= 15 is 0 Å². The summed E-state index contributed by atoms with van der Waals surface area (Å²) in [5.74, 6) is -1.19. The molecule has 7 heteroatoms. The van der Waals surface area contributed by atoms with Crippen LogP contribution in [0.5, 0.6) is 0 Å². The number of anilines is 1. The molecule has 0 aliphatic rings. The zero-order valence-corrected chi connectivity index (χ0v) is 11.7. The van der Waals surface area contributed by atoms with Gasteiger partial charge in [0.1, 0.15) is 0 Å². The van der Waals surface area contributed by atoms with Crippen molar-refractivity contribution in [1.82, 2.24) is 0 Å². The third-order valence-electron chi connectivity index (χ3n) is 2.92. The summed E-state index contributed by atoms with van der Waals surface area (Å²) in [7, 11) is 1.40. The number of hydrogen-bond acceptors (Lipinski definition) is 3. The van der Waals surface area contributed by atoms with Crippen LogP contribution in [-0.4, -0.2) is 17.9 Å². The van der Waals surface area contributed by atoms with Crippen molar-refractivity contribution in [3.05, 3.63) is 69.0 Å². The summed E-state index contributed by atoms with van der Waals surface area (Å²) >= 11 is 5.68. The smallest absolute Gasteiger partial charge is 0.269 e. The fraction of sp³-hybridized carbons (Fsp3) is 0.0714. The molecule has 108 valence electrons. The van der Waals surface area contributed by atoms with Gasteiger partial charge in [-0.2, -0.15) is 0 Å². The molecule has 0 bridgehead atoms. The van der Waals surface area contributed by atoms with Crippen LogP contribution in [0, 0.1) is 15.9 Å². The molecule has 0 spiro atoms. The highest BCUT2D eigenvalue weighted by molar-refractivity contribution is 6.31. The van der Waals surface area contributed by atoms with Gasteiger partial charge in [0.2, 0.25) is 0 Å². The molecule has 2 aromatic carbocycles. The van der Waals surface area contributed by atoms with Crippen molar-refractivity contribution in [2.75, 3.05) is 11.9 Å². The van der Waals surface area contributed by atoms with Crippen LogP contribution >= 0.6 is 11.6 Å². The van der Waals surface area contributed by atoms with Crippen LogP contribution in [0.25, 0.3) is 0 Å². The van der Waals surface area contributed by atoms with Gasteiger partial charge in [-0.1, -0.05) is 17.7 Å². The number of hydrogen-bond donors (Lipinski definition) is 0. The molecule has 21 heavy (non-hydrogen) atoms. The number of nitro groups is 1. The summed E-state index contributed by atoms with van der Waals surface area (Å²) in [6.07, 6.45) is 0. The molecule has 1 amide bonds. The van der Waals surface area contributed by atoms with Crippen LogP contribution in [0.15, 0.2) is 42.5 Å². The Kier molecular flexibility index (Phi) is 4.18. The van der Waals surface area contributed by atoms with Crippen LogP contribution in [-0.2, 0) is 0 Å². The lowest BCUT2D eigenvalue weighted by molar-refractivity contribution is -0.384. The molecule has 0 aliphatic carbocycles. The predicted octanol–water partition coefficient (Wildman–Crippen LogP) is 3.66. The molecule has 0 fully saturated rings. The van der Waals surface area contributed by atoms with Gasteiger partial charge in [0.15, 0.2) is 5.82 Å². The van der Waals surface area contributed by atoms with Gasteiger partial charge in [0, 0.05) is 24.7 Å². The molecule has 0 saturated heterocycles. The summed E-state index contributed by atoms with van der Waals surface area (Å²) in [4.78, 5) is 23.3. The first-order valence-corrected chi connectivity index (χ1v) is 6.26. The lowest BCUT2D eigenvalue weighted by Gasteiger charge is -2.18. The first kappa shape index (κ1) is 14.9. The molecule has 0 saturated carbocycles. The van der Waals surface area contributed by atoms with Gasteiger partial charge in [0.25, 0.3) is 11.6 Å². The maximum absolute atomic E-state index is 13.9. The Morgan fingerprint density at radius 1 is 1.24 bits per heavy atom. The highest BCUT2D eigenvalue weighted by Gasteiger charge is 2.18. The minimum atomic E-state index is -0.697. The van der Waals surface area contributed by atoms with Gasteiger partial charge in [-0.25, -0.2) is 4.39 Å². The quantitative estimate of drug-likeness (QED) is 0.642. The van der Waals surface area contributed by atoms with E-state index in [1.54, 1.807) is 0 Å². The number of benzene rings is 2. The van der Waals surface area contributed by atoms with E-state index in [1.807, 2.05) is 0 Å². The summed E-state index contributed by atoms with van der Waals surface area (Å²) in [6, 6.07) is 9.40. The number of amides is 1. The Morgan fingerprint density at radius 2 is 1.86 bits per heavy atom. The van der Waals surface area contributed by atoms with E-state index in [2.05, 4.69) is 0 Å². The van der Waals surface area contributed by atoms with Gasteiger partial charge in [-0.05, 0) is 24.3 Å². The van der Waals surface area contributed by atoms with Crippen LogP contribution < -0.4 is 4.90 Å². The first-order chi connectivity index (χ1) is 9.91. The summed E-state index contributed by atoms with van der Waals surface area (Å²) < 4.78 is 13.9. The second kappa shape index (κ2) is 5.88. The average Bonchev–Trinajstić information content (AvgIpc) is 2.48. The predicted molar refractivity (Wildman–Crippen MR) is 77.2 cm³/mol. The zero-order chi connectivity index (χ0) is 15.6. The molecule has 2 rings (SSSR count). The highest BCUT2D eigenvalue weighted by Crippen LogP contribution is 2.26. The fourth-order valence-electron chi connectivity index (χ4n) is 1.78. The molecule has 5 nitrogen and oxygen atoms in total. The van der Waals surface area contributed by atoms with E-state index in [-0.39, 0.29) is 22.0 Å². The molecule has 0 heterocycles. The topological polar surface area (TPSA) is 63.5 Å². The minimum absolute atomic E-state index is 0.0332. The Morgan fingerprint density at radius 3 is 2.43 bits per heavy atom. The van der Waals surface area contributed by atoms with Gasteiger partial charge in [0.05, 0.1) is 15.6 Å². The molecule has 2 aromatic rings. The first-order valence-electron chi connectivity index (χ1n) is 5.88. The maximum atomic E-state index is 13.9. The van der Waals surface area contributed by atoms with E-state index < -0.39 is 16.6 Å². The molecule has 0 N–H and O–H groups in total. The summed E-state index contributed by atoms with van der Waals surface area (Å²) in [5.41, 5.74) is 0.122. The van der Waals surface area contributed by atoms with Crippen LogP contribution in [0.1, 0.15) is 10.4 Å². The molecular formula is C14H10ClFN2O3. The zero-order valence-electron chi connectivity index (χ0n) is 10.9. The molecule has 0 aliphatic heterocycles. The number of nitro benzene ring substituents is 1. The third-order valence-corrected chi connectivity index (χ3v) is 3.21. The van der Waals surface area contributed by atoms with E-state index in [4.69, 9.17) is 11.6 Å². The van der Waals surface area contributed by atoms with Crippen molar-refractivity contribution in [3.8, 4) is 0 Å². The lowest BCUT2D eigenvalue weighted by atomic mass is 10.1. The van der Waals surface area contributed by atoms with Crippen molar-refractivity contribution in [2.24, 2.45) is 0 Å². The Bertz CT molecular complexity index is 704. The monoisotopic (exact) mass is 308 g/mol. The van der Waals surface area contributed by atoms with Crippen molar-refractivity contribution >= 4 is 28.9 Å². The lowest BCUT2D eigenvalue weighted by Crippen LogP contribution is -2.27. The van der Waals surface area contributed by atoms with E-state index in [1.165, 1.54) is 49.5 Å². The number of rotatable bonds is 3. The maximum Gasteiger partial charge on any atom is 0.269 e. The van der Waals surface area contributed by atoms with Crippen molar-refractivity contribution in [3.63, 3.8) is 0 Å². The van der Waals surface area contributed by atoms with E-state index in [0.717, 1.165) is 4.90 Å². The molecule has 0 radical (unpaired) electrons. The standard InChI is InChI=1S/C14H10ClFN2O3/c1-17(12-4-2-3-11(15)13(12)16)14(19)9-5-7-10(8-6-9)18(20)21/h2-8H,1H3. The Balaban J connectivity index is 2.30. The normalized spacial score (nSPS) is 10.2. The van der Waals surface area contributed by atoms with Crippen LogP contribution in [0.4, 0.5) is 15.8 Å². The Labute approximate surface area is 124 Å². The summed E-state index contributed by atoms with van der Waals surface area (Å²) in [5, 5.41) is 10.5. The fourth-order valence-corrected chi connectivity index (χ4v) is 1.95. The van der Waals surface area contributed by atoms with Crippen molar-refractivity contribution in [1.29, 1.82) is 0 Å². The third kappa shape index (κ3) is 3.00. The molecular weight excluding hydrogens is 299 g/mol. The number of carbonyl (C=O) groups excluding carboxylic acids is 1. The molecule has 0 aromatic heterocycles. The van der Waals surface area contributed by atoms with Gasteiger partial charge in [-0.3, -0.25) is 14.9 Å². The average molecular weight is 309 g/mol. The number of halogens is 2. The van der Waals surface area contributed by atoms with Crippen molar-refractivity contribution in [2.45, 2.75) is 0 Å². The molecule has 0 unspecified atom stereocenters. The van der Waals surface area contributed by atoms with Gasteiger partial charge < -0.3 is 4.90 Å². The minimum Gasteiger partial charge on any atom is -0.309 e. The summed E-state index contributed by atoms with van der Waals surface area (Å²) in [6.45, 7) is 0. The van der Waals surface area contributed by atoms with E-state index in [9.17, 15) is 19.3 Å². The Hall–Kier alpha value is -2.47. The van der Waals surface area contributed by atoms with Crippen LogP contribution in [0.2, 0.25) is 5.02 Å². The van der Waals surface area contributed by atoms with E-state index in [0.29, 0.717) is 0 Å². The van der Waals surface area contributed by atoms with Crippen molar-refractivity contribution < 1.29 is 14.1 Å². The number of non-ortho nitro benzene ring substituents is 1. The number of carbonyl (C=O) groups is 1. The van der Waals surface area contributed by atoms with Gasteiger partial charge >= 0.3 is 0 Å².